The lowest BCUT2D eigenvalue weighted by molar-refractivity contribution is 0.0688. The second-order valence-electron chi connectivity index (χ2n) is 9.39. The lowest BCUT2D eigenvalue weighted by Crippen LogP contribution is -2.49. The Hall–Kier alpha value is -2.02. The van der Waals surface area contributed by atoms with Gasteiger partial charge in [-0.1, -0.05) is 59.6 Å². The minimum atomic E-state index is -1.15. The van der Waals surface area contributed by atoms with Gasteiger partial charge in [0, 0.05) is 45.3 Å². The van der Waals surface area contributed by atoms with E-state index in [2.05, 4.69) is 20.4 Å². The second-order valence-corrected chi connectivity index (χ2v) is 10.2. The fraction of sp³-hybridized carbons (Fsp3) is 0.500. The lowest BCUT2D eigenvalue weighted by Gasteiger charge is -2.39. The van der Waals surface area contributed by atoms with Gasteiger partial charge in [0.2, 0.25) is 0 Å². The number of nitrogens with zero attached hydrogens (tertiary/aromatic N) is 2. The molecular formula is C26H33Cl2FN4O. The summed E-state index contributed by atoms with van der Waals surface area (Å²) in [6.45, 7) is 4.70. The van der Waals surface area contributed by atoms with Gasteiger partial charge in [0.05, 0.1) is 15.7 Å². The first kappa shape index (κ1) is 25.1. The molecule has 2 aliphatic rings. The molecule has 1 saturated heterocycles. The minimum absolute atomic E-state index is 0.0330. The smallest absolute Gasteiger partial charge is 0.315 e. The molecular weight excluding hydrogens is 474 g/mol. The average Bonchev–Trinajstić information content (AvgIpc) is 2.86. The maximum absolute atomic E-state index is 15.4. The Kier molecular flexibility index (Phi) is 8.56. The zero-order chi connectivity index (χ0) is 24.0. The summed E-state index contributed by atoms with van der Waals surface area (Å²) >= 11 is 12.5. The highest BCUT2D eigenvalue weighted by Gasteiger charge is 2.36. The van der Waals surface area contributed by atoms with Gasteiger partial charge in [0.1, 0.15) is 5.67 Å². The van der Waals surface area contributed by atoms with Crippen LogP contribution in [0.4, 0.5) is 14.9 Å². The number of carbonyl (C=O) groups excluding carboxylic acids is 1. The van der Waals surface area contributed by atoms with Crippen molar-refractivity contribution in [1.82, 2.24) is 15.5 Å². The number of carbonyl (C=O) groups is 1. The number of anilines is 1. The summed E-state index contributed by atoms with van der Waals surface area (Å²) in [6, 6.07) is 15.4. The third kappa shape index (κ3) is 6.77. The first-order valence-electron chi connectivity index (χ1n) is 12.1. The van der Waals surface area contributed by atoms with Gasteiger partial charge in [-0.15, -0.1) is 0 Å². The van der Waals surface area contributed by atoms with Crippen molar-refractivity contribution < 1.29 is 9.18 Å². The molecule has 1 aliphatic heterocycles. The zero-order valence-corrected chi connectivity index (χ0v) is 20.9. The second kappa shape index (κ2) is 11.6. The summed E-state index contributed by atoms with van der Waals surface area (Å²) in [5.41, 5.74) is 0.876. The van der Waals surface area contributed by atoms with E-state index < -0.39 is 5.67 Å². The Balaban J connectivity index is 1.15. The van der Waals surface area contributed by atoms with Crippen LogP contribution in [0, 0.1) is 0 Å². The van der Waals surface area contributed by atoms with Crippen molar-refractivity contribution in [3.05, 3.63) is 64.1 Å². The van der Waals surface area contributed by atoms with E-state index in [4.69, 9.17) is 23.2 Å². The molecule has 0 spiro atoms. The van der Waals surface area contributed by atoms with E-state index in [1.807, 2.05) is 42.5 Å². The van der Waals surface area contributed by atoms with Crippen molar-refractivity contribution >= 4 is 34.9 Å². The SMILES string of the molecule is O=C(NCc1ccccc1)NC1CCC(F)(CCN2CCN(c3cccc(Cl)c3Cl)CC2)CC1. The van der Waals surface area contributed by atoms with Crippen molar-refractivity contribution in [2.24, 2.45) is 0 Å². The molecule has 2 aromatic rings. The maximum atomic E-state index is 15.4. The molecule has 0 aromatic heterocycles. The van der Waals surface area contributed by atoms with Crippen LogP contribution in [0.3, 0.4) is 0 Å². The molecule has 0 unspecified atom stereocenters. The molecule has 34 heavy (non-hydrogen) atoms. The van der Waals surface area contributed by atoms with Gasteiger partial charge in [0.15, 0.2) is 0 Å². The van der Waals surface area contributed by atoms with Crippen LogP contribution in [0.2, 0.25) is 10.0 Å². The van der Waals surface area contributed by atoms with Crippen LogP contribution in [-0.4, -0.2) is 55.4 Å². The molecule has 2 aromatic carbocycles. The van der Waals surface area contributed by atoms with Crippen LogP contribution in [0.1, 0.15) is 37.7 Å². The van der Waals surface area contributed by atoms with Crippen LogP contribution in [0.25, 0.3) is 0 Å². The fourth-order valence-electron chi connectivity index (χ4n) is 4.85. The van der Waals surface area contributed by atoms with Crippen LogP contribution in [0.5, 0.6) is 0 Å². The molecule has 2 fully saturated rings. The molecule has 5 nitrogen and oxygen atoms in total. The van der Waals surface area contributed by atoms with Crippen LogP contribution in [0.15, 0.2) is 48.5 Å². The van der Waals surface area contributed by atoms with Gasteiger partial charge in [-0.3, -0.25) is 4.90 Å². The first-order chi connectivity index (χ1) is 16.4. The summed E-state index contributed by atoms with van der Waals surface area (Å²) < 4.78 is 15.4. The van der Waals surface area contributed by atoms with Crippen LogP contribution >= 0.6 is 23.2 Å². The van der Waals surface area contributed by atoms with Crippen molar-refractivity contribution in [2.45, 2.75) is 50.4 Å². The Morgan fingerprint density at radius 1 is 1.00 bits per heavy atom. The highest BCUT2D eigenvalue weighted by Crippen LogP contribution is 2.36. The van der Waals surface area contributed by atoms with Gasteiger partial charge < -0.3 is 15.5 Å². The molecule has 0 radical (unpaired) electrons. The molecule has 0 atom stereocenters. The van der Waals surface area contributed by atoms with E-state index in [1.54, 1.807) is 6.07 Å². The molecule has 8 heteroatoms. The molecule has 1 saturated carbocycles. The number of urea groups is 1. The highest BCUT2D eigenvalue weighted by atomic mass is 35.5. The monoisotopic (exact) mass is 506 g/mol. The number of rotatable bonds is 7. The molecule has 1 aliphatic carbocycles. The highest BCUT2D eigenvalue weighted by molar-refractivity contribution is 6.43. The van der Waals surface area contributed by atoms with E-state index in [9.17, 15) is 4.79 Å². The van der Waals surface area contributed by atoms with Crippen molar-refractivity contribution in [1.29, 1.82) is 0 Å². The Bertz CT molecular complexity index is 945. The number of nitrogens with one attached hydrogen (secondary N) is 2. The number of piperazine rings is 1. The third-order valence-corrected chi connectivity index (χ3v) is 7.84. The number of benzene rings is 2. The summed E-state index contributed by atoms with van der Waals surface area (Å²) in [6.07, 6.45) is 2.88. The number of alkyl halides is 1. The van der Waals surface area contributed by atoms with Crippen molar-refractivity contribution in [3.63, 3.8) is 0 Å². The number of hydrogen-bond acceptors (Lipinski definition) is 3. The average molecular weight is 507 g/mol. The van der Waals surface area contributed by atoms with Crippen molar-refractivity contribution in [2.75, 3.05) is 37.6 Å². The Morgan fingerprint density at radius 3 is 2.41 bits per heavy atom. The lowest BCUT2D eigenvalue weighted by atomic mass is 9.81. The summed E-state index contributed by atoms with van der Waals surface area (Å²) in [4.78, 5) is 16.8. The van der Waals surface area contributed by atoms with E-state index >= 15 is 4.39 Å². The standard InChI is InChI=1S/C26H33Cl2FN4O/c27-22-7-4-8-23(24(22)28)33-17-15-32(16-18-33)14-13-26(29)11-9-21(10-12-26)31-25(34)30-19-20-5-2-1-3-6-20/h1-8,21H,9-19H2,(H2,30,31,34). The normalized spacial score (nSPS) is 23.5. The third-order valence-electron chi connectivity index (χ3n) is 7.03. The van der Waals surface area contributed by atoms with Gasteiger partial charge in [-0.25, -0.2) is 9.18 Å². The van der Waals surface area contributed by atoms with E-state index in [-0.39, 0.29) is 12.1 Å². The summed E-state index contributed by atoms with van der Waals surface area (Å²) in [5.74, 6) is 0. The van der Waals surface area contributed by atoms with Gasteiger partial charge in [0.25, 0.3) is 0 Å². The summed E-state index contributed by atoms with van der Waals surface area (Å²) in [7, 11) is 0. The van der Waals surface area contributed by atoms with Gasteiger partial charge >= 0.3 is 6.03 Å². The predicted octanol–water partition coefficient (Wildman–Crippen LogP) is 5.66. The molecule has 0 bridgehead atoms. The van der Waals surface area contributed by atoms with Crippen LogP contribution in [-0.2, 0) is 6.54 Å². The summed E-state index contributed by atoms with van der Waals surface area (Å²) in [5, 5.41) is 7.06. The molecule has 2 N–H and O–H groups in total. The zero-order valence-electron chi connectivity index (χ0n) is 19.4. The van der Waals surface area contributed by atoms with Crippen LogP contribution < -0.4 is 15.5 Å². The van der Waals surface area contributed by atoms with Gasteiger partial charge in [-0.2, -0.15) is 0 Å². The largest absolute Gasteiger partial charge is 0.368 e. The van der Waals surface area contributed by atoms with Crippen molar-refractivity contribution in [3.8, 4) is 0 Å². The first-order valence-corrected chi connectivity index (χ1v) is 12.9. The fourth-order valence-corrected chi connectivity index (χ4v) is 5.27. The minimum Gasteiger partial charge on any atom is -0.368 e. The van der Waals surface area contributed by atoms with E-state index in [1.165, 1.54) is 0 Å². The number of amides is 2. The maximum Gasteiger partial charge on any atom is 0.315 e. The van der Waals surface area contributed by atoms with Gasteiger partial charge in [-0.05, 0) is 49.8 Å². The molecule has 184 valence electrons. The predicted molar refractivity (Wildman–Crippen MR) is 138 cm³/mol. The number of hydrogen-bond donors (Lipinski definition) is 2. The topological polar surface area (TPSA) is 47.6 Å². The molecule has 1 heterocycles. The molecule has 4 rings (SSSR count). The van der Waals surface area contributed by atoms with E-state index in [0.717, 1.165) is 44.0 Å². The Labute approximate surface area is 211 Å². The van der Waals surface area contributed by atoms with E-state index in [0.29, 0.717) is 48.7 Å². The molecule has 2 amide bonds. The quantitative estimate of drug-likeness (QED) is 0.509. The number of halogens is 3. The Morgan fingerprint density at radius 2 is 1.71 bits per heavy atom.